The number of carbonyl (C=O) groups excluding carboxylic acids is 1. The predicted molar refractivity (Wildman–Crippen MR) is 155 cm³/mol. The molecule has 2 heterocycles. The summed E-state index contributed by atoms with van der Waals surface area (Å²) in [6.07, 6.45) is 3.69. The van der Waals surface area contributed by atoms with E-state index in [0.29, 0.717) is 29.5 Å². The highest BCUT2D eigenvalue weighted by Crippen LogP contribution is 2.35. The van der Waals surface area contributed by atoms with Crippen molar-refractivity contribution >= 4 is 40.8 Å². The van der Waals surface area contributed by atoms with Crippen LogP contribution in [0.5, 0.6) is 0 Å². The van der Waals surface area contributed by atoms with Gasteiger partial charge in [-0.15, -0.1) is 0 Å². The van der Waals surface area contributed by atoms with Crippen molar-refractivity contribution in [2.75, 3.05) is 22.1 Å². The van der Waals surface area contributed by atoms with Crippen molar-refractivity contribution in [3.63, 3.8) is 0 Å². The summed E-state index contributed by atoms with van der Waals surface area (Å²) in [7, 11) is 0. The molecule has 0 saturated carbocycles. The van der Waals surface area contributed by atoms with E-state index in [0.717, 1.165) is 23.3 Å². The summed E-state index contributed by atoms with van der Waals surface area (Å²) in [5.74, 6) is 0.00983. The van der Waals surface area contributed by atoms with Gasteiger partial charge < -0.3 is 15.5 Å². The van der Waals surface area contributed by atoms with E-state index >= 15 is 0 Å². The van der Waals surface area contributed by atoms with E-state index in [-0.39, 0.29) is 17.3 Å². The number of amidine groups is 1. The highest BCUT2D eigenvalue weighted by Gasteiger charge is 2.32. The molecule has 10 heteroatoms. The molecule has 7 nitrogen and oxygen atoms in total. The highest BCUT2D eigenvalue weighted by molar-refractivity contribution is 6.06. The Morgan fingerprint density at radius 1 is 1.15 bits per heavy atom. The number of hydrogen-bond acceptors (Lipinski definition) is 5. The third kappa shape index (κ3) is 7.02. The molecule has 0 fully saturated rings. The first kappa shape index (κ1) is 28.3. The number of alkyl halides is 3. The molecule has 1 amide bonds. The van der Waals surface area contributed by atoms with Crippen molar-refractivity contribution in [3.8, 4) is 0 Å². The molecule has 4 rings (SSSR count). The molecule has 1 aromatic heterocycles. The molecule has 40 heavy (non-hydrogen) atoms. The zero-order valence-corrected chi connectivity index (χ0v) is 22.3. The highest BCUT2D eigenvalue weighted by atomic mass is 19.4. The van der Waals surface area contributed by atoms with Crippen LogP contribution in [0.15, 0.2) is 89.6 Å². The van der Waals surface area contributed by atoms with Gasteiger partial charge in [-0.25, -0.2) is 4.99 Å². The number of carbonyl (C=O) groups is 1. The molecule has 0 saturated heterocycles. The van der Waals surface area contributed by atoms with Gasteiger partial charge in [-0.05, 0) is 74.9 Å². The molecular formula is C30H29F3N6O. The lowest BCUT2D eigenvalue weighted by Crippen LogP contribution is -2.22. The average Bonchev–Trinajstić information content (AvgIpc) is 3.36. The molecule has 1 aliphatic heterocycles. The minimum absolute atomic E-state index is 0.0336. The van der Waals surface area contributed by atoms with Gasteiger partial charge in [0, 0.05) is 47.1 Å². The maximum Gasteiger partial charge on any atom is 0.416 e. The lowest BCUT2D eigenvalue weighted by atomic mass is 10.1. The number of allylic oxidation sites excluding steroid dienone is 2. The summed E-state index contributed by atoms with van der Waals surface area (Å²) < 4.78 is 40.9. The fraction of sp³-hybridized carbons (Fsp3) is 0.200. The van der Waals surface area contributed by atoms with Gasteiger partial charge in [0.05, 0.1) is 23.6 Å². The number of amides is 1. The van der Waals surface area contributed by atoms with Crippen LogP contribution in [0.3, 0.4) is 0 Å². The van der Waals surface area contributed by atoms with Crippen molar-refractivity contribution in [3.05, 3.63) is 102 Å². The standard InChI is InChI=1S/C30H29F3N6O/c1-5-7-27(23-8-6-11-34-16-23)36-21(4)37-28-12-22(10-9-19(28)2)29(40)38-25-13-24(30(31,32)33)14-26(15-25)39-17-20(3)35-18-39/h5-16,18,20H,1,17H2,2-4H3,(H,36,37)(H,38,40)/b27-7-. The number of nitrogens with one attached hydrogen (secondary N) is 2. The predicted octanol–water partition coefficient (Wildman–Crippen LogP) is 6.96. The Morgan fingerprint density at radius 2 is 1.95 bits per heavy atom. The van der Waals surface area contributed by atoms with Gasteiger partial charge in [-0.3, -0.25) is 14.8 Å². The first-order chi connectivity index (χ1) is 19.0. The van der Waals surface area contributed by atoms with E-state index < -0.39 is 17.6 Å². The van der Waals surface area contributed by atoms with E-state index in [1.807, 2.05) is 26.0 Å². The first-order valence-electron chi connectivity index (χ1n) is 12.5. The van der Waals surface area contributed by atoms with Gasteiger partial charge >= 0.3 is 6.18 Å². The summed E-state index contributed by atoms with van der Waals surface area (Å²) in [5.41, 5.74) is 2.69. The van der Waals surface area contributed by atoms with Crippen LogP contribution < -0.4 is 15.5 Å². The van der Waals surface area contributed by atoms with Crippen molar-refractivity contribution in [2.24, 2.45) is 9.98 Å². The van der Waals surface area contributed by atoms with Gasteiger partial charge in [0.1, 0.15) is 5.84 Å². The largest absolute Gasteiger partial charge is 0.416 e. The first-order valence-corrected chi connectivity index (χ1v) is 12.5. The summed E-state index contributed by atoms with van der Waals surface area (Å²) in [6.45, 7) is 9.72. The maximum absolute atomic E-state index is 13.6. The number of nitrogens with zero attached hydrogens (tertiary/aromatic N) is 4. The third-order valence-corrected chi connectivity index (χ3v) is 6.09. The fourth-order valence-corrected chi connectivity index (χ4v) is 4.09. The molecule has 0 spiro atoms. The molecule has 206 valence electrons. The Kier molecular flexibility index (Phi) is 8.47. The van der Waals surface area contributed by atoms with Gasteiger partial charge in [0.15, 0.2) is 0 Å². The van der Waals surface area contributed by atoms with Crippen LogP contribution in [0.2, 0.25) is 0 Å². The monoisotopic (exact) mass is 546 g/mol. The van der Waals surface area contributed by atoms with Gasteiger partial charge in [-0.2, -0.15) is 13.2 Å². The number of pyridine rings is 1. The second-order valence-electron chi connectivity index (χ2n) is 9.37. The molecule has 3 aromatic rings. The summed E-state index contributed by atoms with van der Waals surface area (Å²) >= 11 is 0. The topological polar surface area (TPSA) is 82.0 Å². The van der Waals surface area contributed by atoms with E-state index in [2.05, 4.69) is 32.2 Å². The summed E-state index contributed by atoms with van der Waals surface area (Å²) in [6, 6.07) is 12.1. The summed E-state index contributed by atoms with van der Waals surface area (Å²) in [5, 5.41) is 5.83. The number of anilines is 3. The van der Waals surface area contributed by atoms with Gasteiger partial charge in [0.25, 0.3) is 5.91 Å². The normalized spacial score (nSPS) is 15.8. The van der Waals surface area contributed by atoms with E-state index in [4.69, 9.17) is 0 Å². The molecule has 0 aliphatic carbocycles. The minimum Gasteiger partial charge on any atom is -0.344 e. The summed E-state index contributed by atoms with van der Waals surface area (Å²) in [4.78, 5) is 27.7. The van der Waals surface area contributed by atoms with Crippen LogP contribution in [-0.4, -0.2) is 35.7 Å². The molecule has 0 radical (unpaired) electrons. The van der Waals surface area contributed by atoms with Gasteiger partial charge in [-0.1, -0.05) is 18.7 Å². The Hall–Kier alpha value is -4.73. The molecule has 1 unspecified atom stereocenters. The average molecular weight is 547 g/mol. The van der Waals surface area contributed by atoms with Crippen molar-refractivity contribution in [1.82, 2.24) is 4.98 Å². The number of halogens is 3. The van der Waals surface area contributed by atoms with Crippen LogP contribution >= 0.6 is 0 Å². The van der Waals surface area contributed by atoms with Gasteiger partial charge in [0.2, 0.25) is 0 Å². The minimum atomic E-state index is -4.58. The van der Waals surface area contributed by atoms with Crippen molar-refractivity contribution in [1.29, 1.82) is 0 Å². The fourth-order valence-electron chi connectivity index (χ4n) is 4.09. The molecule has 1 aliphatic rings. The van der Waals surface area contributed by atoms with Crippen molar-refractivity contribution in [2.45, 2.75) is 33.0 Å². The number of hydrogen-bond donors (Lipinski definition) is 2. The number of aromatic nitrogens is 1. The maximum atomic E-state index is 13.6. The lowest BCUT2D eigenvalue weighted by molar-refractivity contribution is -0.137. The van der Waals surface area contributed by atoms with Crippen LogP contribution in [0.25, 0.3) is 5.70 Å². The lowest BCUT2D eigenvalue weighted by Gasteiger charge is -2.19. The molecule has 2 N–H and O–H groups in total. The number of aryl methyl sites for hydroxylation is 1. The van der Waals surface area contributed by atoms with Crippen LogP contribution in [0.1, 0.15) is 40.9 Å². The molecule has 1 atom stereocenters. The zero-order valence-electron chi connectivity index (χ0n) is 22.3. The van der Waals surface area contributed by atoms with Crippen LogP contribution in [-0.2, 0) is 6.18 Å². The van der Waals surface area contributed by atoms with Crippen LogP contribution in [0, 0.1) is 6.92 Å². The second-order valence-corrected chi connectivity index (χ2v) is 9.37. The molecule has 0 bridgehead atoms. The number of benzene rings is 2. The SMILES string of the molecule is C=C/C=C(\N=C(C)Nc1cc(C(=O)Nc2cc(N3C=NC(C)C3)cc(C(F)(F)F)c2)ccc1C)c1cccnc1. The van der Waals surface area contributed by atoms with Crippen LogP contribution in [0.4, 0.5) is 30.2 Å². The number of rotatable bonds is 7. The van der Waals surface area contributed by atoms with E-state index in [9.17, 15) is 18.0 Å². The Balaban J connectivity index is 1.57. The third-order valence-electron chi connectivity index (χ3n) is 6.09. The Labute approximate surface area is 230 Å². The quantitative estimate of drug-likeness (QED) is 0.191. The Morgan fingerprint density at radius 3 is 2.60 bits per heavy atom. The second kappa shape index (κ2) is 12.0. The van der Waals surface area contributed by atoms with E-state index in [1.165, 1.54) is 12.4 Å². The van der Waals surface area contributed by atoms with Crippen molar-refractivity contribution < 1.29 is 18.0 Å². The molecular weight excluding hydrogens is 517 g/mol. The number of aliphatic imine (C=N–C) groups is 2. The zero-order chi connectivity index (χ0) is 28.9. The Bertz CT molecular complexity index is 1500. The molecule has 2 aromatic carbocycles. The van der Waals surface area contributed by atoms with E-state index in [1.54, 1.807) is 54.6 Å². The smallest absolute Gasteiger partial charge is 0.344 e.